The number of aliphatic hydroxyl groups is 2. The predicted molar refractivity (Wildman–Crippen MR) is 82.5 cm³/mol. The van der Waals surface area contributed by atoms with E-state index in [2.05, 4.69) is 11.8 Å². The number of unbranched alkanes of at least 4 members (excludes halogenated alkanes) is 7. The summed E-state index contributed by atoms with van der Waals surface area (Å²) in [7, 11) is 0. The molecule has 2 N–H and O–H groups in total. The summed E-state index contributed by atoms with van der Waals surface area (Å²) in [6, 6.07) is 0. The van der Waals surface area contributed by atoms with Gasteiger partial charge in [-0.25, -0.2) is 0 Å². The molecule has 0 rings (SSSR count). The number of hydrogen-bond donors (Lipinski definition) is 2. The van der Waals surface area contributed by atoms with E-state index in [4.69, 9.17) is 10.2 Å². The van der Waals surface area contributed by atoms with Crippen LogP contribution in [0, 0.1) is 0 Å². The lowest BCUT2D eigenvalue weighted by molar-refractivity contribution is 0.199. The summed E-state index contributed by atoms with van der Waals surface area (Å²) in [4.78, 5) is 2.38. The highest BCUT2D eigenvalue weighted by Gasteiger charge is 2.03. The fourth-order valence-electron chi connectivity index (χ4n) is 2.39. The normalized spacial score (nSPS) is 11.4. The Bertz CT molecular complexity index is 157. The summed E-state index contributed by atoms with van der Waals surface area (Å²) in [6.45, 7) is 5.85. The van der Waals surface area contributed by atoms with Gasteiger partial charge >= 0.3 is 0 Å². The molecule has 0 fully saturated rings. The molecule has 0 aliphatic carbocycles. The molecule has 116 valence electrons. The van der Waals surface area contributed by atoms with Gasteiger partial charge in [0.15, 0.2) is 0 Å². The highest BCUT2D eigenvalue weighted by atomic mass is 16.3. The standard InChI is InChI=1S/C16H35NO2/c1-2-3-4-5-6-7-8-9-12-17(13-10-15-18)14-11-16-19/h18-19H,2-16H2,1H3. The first-order valence-electron chi connectivity index (χ1n) is 8.29. The van der Waals surface area contributed by atoms with Gasteiger partial charge in [0.1, 0.15) is 0 Å². The maximum Gasteiger partial charge on any atom is 0.0443 e. The summed E-state index contributed by atoms with van der Waals surface area (Å²) in [6.07, 6.45) is 12.5. The highest BCUT2D eigenvalue weighted by Crippen LogP contribution is 2.09. The molecule has 0 aromatic heterocycles. The fraction of sp³-hybridized carbons (Fsp3) is 1.00. The van der Waals surface area contributed by atoms with Crippen LogP contribution < -0.4 is 0 Å². The van der Waals surface area contributed by atoms with E-state index in [1.165, 1.54) is 51.4 Å². The van der Waals surface area contributed by atoms with Crippen molar-refractivity contribution >= 4 is 0 Å². The van der Waals surface area contributed by atoms with Crippen LogP contribution in [0.5, 0.6) is 0 Å². The van der Waals surface area contributed by atoms with Crippen LogP contribution in [0.25, 0.3) is 0 Å². The van der Waals surface area contributed by atoms with Gasteiger partial charge in [0, 0.05) is 26.3 Å². The first-order chi connectivity index (χ1) is 9.35. The van der Waals surface area contributed by atoms with Crippen molar-refractivity contribution in [2.24, 2.45) is 0 Å². The molecule has 0 unspecified atom stereocenters. The number of hydrogen-bond acceptors (Lipinski definition) is 3. The lowest BCUT2D eigenvalue weighted by Gasteiger charge is -2.21. The molecule has 0 bridgehead atoms. The summed E-state index contributed by atoms with van der Waals surface area (Å²) < 4.78 is 0. The molecule has 0 saturated heterocycles. The van der Waals surface area contributed by atoms with E-state index in [-0.39, 0.29) is 13.2 Å². The third-order valence-corrected chi connectivity index (χ3v) is 3.59. The minimum absolute atomic E-state index is 0.271. The van der Waals surface area contributed by atoms with E-state index in [0.717, 1.165) is 32.5 Å². The minimum atomic E-state index is 0.271. The lowest BCUT2D eigenvalue weighted by Crippen LogP contribution is -2.28. The topological polar surface area (TPSA) is 43.7 Å². The number of aliphatic hydroxyl groups excluding tert-OH is 2. The Balaban J connectivity index is 3.40. The van der Waals surface area contributed by atoms with Gasteiger partial charge in [-0.15, -0.1) is 0 Å². The molecule has 3 nitrogen and oxygen atoms in total. The van der Waals surface area contributed by atoms with E-state index in [1.54, 1.807) is 0 Å². The molecule has 0 saturated carbocycles. The van der Waals surface area contributed by atoms with Crippen LogP contribution in [0.1, 0.15) is 71.1 Å². The van der Waals surface area contributed by atoms with Crippen molar-refractivity contribution in [3.05, 3.63) is 0 Å². The third-order valence-electron chi connectivity index (χ3n) is 3.59. The zero-order valence-electron chi connectivity index (χ0n) is 12.9. The van der Waals surface area contributed by atoms with Crippen LogP contribution in [0.3, 0.4) is 0 Å². The van der Waals surface area contributed by atoms with Gasteiger partial charge in [-0.1, -0.05) is 51.9 Å². The Morgan fingerprint density at radius 1 is 0.579 bits per heavy atom. The minimum Gasteiger partial charge on any atom is -0.396 e. The molecule has 0 spiro atoms. The number of rotatable bonds is 15. The first-order valence-corrected chi connectivity index (χ1v) is 8.29. The van der Waals surface area contributed by atoms with Gasteiger partial charge < -0.3 is 15.1 Å². The van der Waals surface area contributed by atoms with Crippen molar-refractivity contribution in [2.45, 2.75) is 71.1 Å². The van der Waals surface area contributed by atoms with E-state index in [1.807, 2.05) is 0 Å². The van der Waals surface area contributed by atoms with Crippen LogP contribution >= 0.6 is 0 Å². The highest BCUT2D eigenvalue weighted by molar-refractivity contribution is 4.58. The second-order valence-corrected chi connectivity index (χ2v) is 5.47. The third kappa shape index (κ3) is 14.1. The SMILES string of the molecule is CCCCCCCCCCN(CCCO)CCCO. The van der Waals surface area contributed by atoms with E-state index in [9.17, 15) is 0 Å². The Morgan fingerprint density at radius 3 is 1.47 bits per heavy atom. The maximum absolute atomic E-state index is 8.88. The van der Waals surface area contributed by atoms with E-state index < -0.39 is 0 Å². The van der Waals surface area contributed by atoms with E-state index in [0.29, 0.717) is 0 Å². The van der Waals surface area contributed by atoms with Crippen LogP contribution in [0.2, 0.25) is 0 Å². The van der Waals surface area contributed by atoms with Crippen molar-refractivity contribution in [1.82, 2.24) is 4.90 Å². The quantitative estimate of drug-likeness (QED) is 0.450. The molecule has 0 amide bonds. The Labute approximate surface area is 120 Å². The van der Waals surface area contributed by atoms with Crippen molar-refractivity contribution in [2.75, 3.05) is 32.8 Å². The summed E-state index contributed by atoms with van der Waals surface area (Å²) in [5, 5.41) is 17.8. The molecule has 0 aliphatic rings. The zero-order valence-corrected chi connectivity index (χ0v) is 12.9. The molecule has 19 heavy (non-hydrogen) atoms. The van der Waals surface area contributed by atoms with Crippen molar-refractivity contribution in [3.8, 4) is 0 Å². The monoisotopic (exact) mass is 273 g/mol. The molecule has 0 heterocycles. The Kier molecular flexibility index (Phi) is 15.8. The van der Waals surface area contributed by atoms with Gasteiger partial charge in [0.25, 0.3) is 0 Å². The van der Waals surface area contributed by atoms with Crippen LogP contribution in [-0.2, 0) is 0 Å². The van der Waals surface area contributed by atoms with Crippen molar-refractivity contribution < 1.29 is 10.2 Å². The zero-order chi connectivity index (χ0) is 14.2. The predicted octanol–water partition coefficient (Wildman–Crippen LogP) is 3.19. The maximum atomic E-state index is 8.88. The molecule has 0 atom stereocenters. The Morgan fingerprint density at radius 2 is 1.00 bits per heavy atom. The molecule has 0 radical (unpaired) electrons. The van der Waals surface area contributed by atoms with Crippen molar-refractivity contribution in [3.63, 3.8) is 0 Å². The summed E-state index contributed by atoms with van der Waals surface area (Å²) >= 11 is 0. The van der Waals surface area contributed by atoms with E-state index >= 15 is 0 Å². The second kappa shape index (κ2) is 15.9. The van der Waals surface area contributed by atoms with Gasteiger partial charge in [0.2, 0.25) is 0 Å². The summed E-state index contributed by atoms with van der Waals surface area (Å²) in [5.74, 6) is 0. The largest absolute Gasteiger partial charge is 0.396 e. The molecule has 0 aliphatic heterocycles. The van der Waals surface area contributed by atoms with Gasteiger partial charge in [-0.3, -0.25) is 0 Å². The number of nitrogens with zero attached hydrogens (tertiary/aromatic N) is 1. The molecular weight excluding hydrogens is 238 g/mol. The first kappa shape index (κ1) is 18.9. The average molecular weight is 273 g/mol. The molecule has 3 heteroatoms. The summed E-state index contributed by atoms with van der Waals surface area (Å²) in [5.41, 5.74) is 0. The molecule has 0 aromatic carbocycles. The fourth-order valence-corrected chi connectivity index (χ4v) is 2.39. The lowest BCUT2D eigenvalue weighted by atomic mass is 10.1. The average Bonchev–Trinajstić information content (AvgIpc) is 2.43. The van der Waals surface area contributed by atoms with Gasteiger partial charge in [-0.2, -0.15) is 0 Å². The van der Waals surface area contributed by atoms with Crippen molar-refractivity contribution in [1.29, 1.82) is 0 Å². The molecule has 0 aromatic rings. The smallest absolute Gasteiger partial charge is 0.0443 e. The Hall–Kier alpha value is -0.120. The van der Waals surface area contributed by atoms with Gasteiger partial charge in [0.05, 0.1) is 0 Å². The van der Waals surface area contributed by atoms with Crippen LogP contribution in [0.15, 0.2) is 0 Å². The van der Waals surface area contributed by atoms with Gasteiger partial charge in [-0.05, 0) is 25.8 Å². The molecular formula is C16H35NO2. The second-order valence-electron chi connectivity index (χ2n) is 5.47. The van der Waals surface area contributed by atoms with Crippen LogP contribution in [-0.4, -0.2) is 48.0 Å². The van der Waals surface area contributed by atoms with Crippen LogP contribution in [0.4, 0.5) is 0 Å².